The van der Waals surface area contributed by atoms with E-state index in [1.807, 2.05) is 0 Å². The molecule has 0 aromatic heterocycles. The molecule has 2 N–H and O–H groups in total. The summed E-state index contributed by atoms with van der Waals surface area (Å²) >= 11 is 0. The highest BCUT2D eigenvalue weighted by Crippen LogP contribution is 2.22. The minimum absolute atomic E-state index is 0.0735. The second-order valence-corrected chi connectivity index (χ2v) is 5.16. The standard InChI is InChI=1S/C17H15N3O5/c1-10(21)11-4-3-5-13(8-11)19-17(23)14-7-6-12(16(22)18-2)9-15(14)20(24)25/h3-9H,1-2H3,(H,18,22)(H,19,23). The summed E-state index contributed by atoms with van der Waals surface area (Å²) in [6.45, 7) is 1.39. The molecule has 2 rings (SSSR count). The number of benzene rings is 2. The number of hydrogen-bond donors (Lipinski definition) is 2. The second kappa shape index (κ2) is 7.35. The number of carbonyl (C=O) groups is 3. The van der Waals surface area contributed by atoms with E-state index in [9.17, 15) is 24.5 Å². The van der Waals surface area contributed by atoms with Crippen LogP contribution in [-0.2, 0) is 0 Å². The molecule has 0 radical (unpaired) electrons. The topological polar surface area (TPSA) is 118 Å². The lowest BCUT2D eigenvalue weighted by Gasteiger charge is -2.08. The van der Waals surface area contributed by atoms with Crippen LogP contribution in [-0.4, -0.2) is 29.6 Å². The Kier molecular flexibility index (Phi) is 5.23. The van der Waals surface area contributed by atoms with E-state index < -0.39 is 22.4 Å². The number of Topliss-reactive ketones (excluding diaryl/α,β-unsaturated/α-hetero) is 1. The van der Waals surface area contributed by atoms with Crippen LogP contribution in [0.4, 0.5) is 11.4 Å². The zero-order valence-corrected chi connectivity index (χ0v) is 13.5. The fourth-order valence-corrected chi connectivity index (χ4v) is 2.17. The third kappa shape index (κ3) is 4.05. The molecule has 2 aromatic carbocycles. The number of rotatable bonds is 5. The van der Waals surface area contributed by atoms with E-state index in [0.29, 0.717) is 11.3 Å². The predicted octanol–water partition coefficient (Wildman–Crippen LogP) is 2.41. The lowest BCUT2D eigenvalue weighted by molar-refractivity contribution is -0.385. The van der Waals surface area contributed by atoms with Gasteiger partial charge in [0.15, 0.2) is 5.78 Å². The summed E-state index contributed by atoms with van der Waals surface area (Å²) < 4.78 is 0. The van der Waals surface area contributed by atoms with Gasteiger partial charge in [0, 0.05) is 29.9 Å². The van der Waals surface area contributed by atoms with Gasteiger partial charge in [-0.25, -0.2) is 0 Å². The van der Waals surface area contributed by atoms with Gasteiger partial charge in [0.25, 0.3) is 17.5 Å². The molecule has 2 aromatic rings. The summed E-state index contributed by atoms with van der Waals surface area (Å²) in [5.74, 6) is -1.38. The molecule has 2 amide bonds. The van der Waals surface area contributed by atoms with E-state index in [0.717, 1.165) is 6.07 Å². The predicted molar refractivity (Wildman–Crippen MR) is 90.9 cm³/mol. The first-order chi connectivity index (χ1) is 11.8. The highest BCUT2D eigenvalue weighted by molar-refractivity contribution is 6.08. The first-order valence-corrected chi connectivity index (χ1v) is 7.26. The molecule has 0 spiro atoms. The molecule has 25 heavy (non-hydrogen) atoms. The Balaban J connectivity index is 2.35. The maximum Gasteiger partial charge on any atom is 0.282 e. The molecule has 0 aliphatic rings. The van der Waals surface area contributed by atoms with Crippen molar-refractivity contribution in [2.24, 2.45) is 0 Å². The van der Waals surface area contributed by atoms with Crippen molar-refractivity contribution in [1.29, 1.82) is 0 Å². The van der Waals surface area contributed by atoms with Gasteiger partial charge in [-0.15, -0.1) is 0 Å². The van der Waals surface area contributed by atoms with Gasteiger partial charge < -0.3 is 10.6 Å². The van der Waals surface area contributed by atoms with E-state index in [4.69, 9.17) is 0 Å². The minimum atomic E-state index is -0.729. The van der Waals surface area contributed by atoms with Crippen LogP contribution in [0.1, 0.15) is 38.0 Å². The maximum absolute atomic E-state index is 12.4. The first kappa shape index (κ1) is 17.8. The third-order valence-corrected chi connectivity index (χ3v) is 3.46. The van der Waals surface area contributed by atoms with Gasteiger partial charge in [-0.3, -0.25) is 24.5 Å². The molecule has 0 unspecified atom stereocenters. The van der Waals surface area contributed by atoms with Gasteiger partial charge in [0.1, 0.15) is 5.56 Å². The van der Waals surface area contributed by atoms with Crippen LogP contribution in [0, 0.1) is 10.1 Å². The summed E-state index contributed by atoms with van der Waals surface area (Å²) in [7, 11) is 1.40. The Morgan fingerprint density at radius 2 is 1.72 bits per heavy atom. The van der Waals surface area contributed by atoms with Gasteiger partial charge in [0.2, 0.25) is 0 Å². The number of amides is 2. The Morgan fingerprint density at radius 1 is 1.00 bits per heavy atom. The van der Waals surface area contributed by atoms with E-state index in [2.05, 4.69) is 10.6 Å². The van der Waals surface area contributed by atoms with Crippen LogP contribution < -0.4 is 10.6 Å². The maximum atomic E-state index is 12.4. The second-order valence-electron chi connectivity index (χ2n) is 5.16. The smallest absolute Gasteiger partial charge is 0.282 e. The lowest BCUT2D eigenvalue weighted by atomic mass is 10.1. The number of anilines is 1. The van der Waals surface area contributed by atoms with Crippen LogP contribution in [0.3, 0.4) is 0 Å². The fraction of sp³-hybridized carbons (Fsp3) is 0.118. The van der Waals surface area contributed by atoms with Crippen molar-refractivity contribution in [2.45, 2.75) is 6.92 Å². The van der Waals surface area contributed by atoms with Gasteiger partial charge in [-0.1, -0.05) is 12.1 Å². The number of hydrogen-bond acceptors (Lipinski definition) is 5. The van der Waals surface area contributed by atoms with E-state index >= 15 is 0 Å². The minimum Gasteiger partial charge on any atom is -0.355 e. The molecule has 0 fully saturated rings. The first-order valence-electron chi connectivity index (χ1n) is 7.26. The summed E-state index contributed by atoms with van der Waals surface area (Å²) in [6.07, 6.45) is 0. The van der Waals surface area contributed by atoms with Gasteiger partial charge in [-0.2, -0.15) is 0 Å². The number of nitrogens with zero attached hydrogens (tertiary/aromatic N) is 1. The molecule has 0 bridgehead atoms. The average Bonchev–Trinajstić information content (AvgIpc) is 2.60. The van der Waals surface area contributed by atoms with Crippen molar-refractivity contribution < 1.29 is 19.3 Å². The van der Waals surface area contributed by atoms with Crippen LogP contribution in [0.2, 0.25) is 0 Å². The molecule has 0 heterocycles. The quantitative estimate of drug-likeness (QED) is 0.492. The van der Waals surface area contributed by atoms with Crippen molar-refractivity contribution >= 4 is 29.0 Å². The van der Waals surface area contributed by atoms with Crippen LogP contribution in [0.5, 0.6) is 0 Å². The lowest BCUT2D eigenvalue weighted by Crippen LogP contribution is -2.19. The molecule has 8 heteroatoms. The Morgan fingerprint density at radius 3 is 2.32 bits per heavy atom. The normalized spacial score (nSPS) is 10.0. The number of nitro groups is 1. The van der Waals surface area contributed by atoms with Crippen molar-refractivity contribution in [3.63, 3.8) is 0 Å². The largest absolute Gasteiger partial charge is 0.355 e. The Labute approximate surface area is 143 Å². The van der Waals surface area contributed by atoms with E-state index in [-0.39, 0.29) is 16.9 Å². The fourth-order valence-electron chi connectivity index (χ4n) is 2.17. The zero-order valence-electron chi connectivity index (χ0n) is 13.5. The summed E-state index contributed by atoms with van der Waals surface area (Å²) in [5.41, 5.74) is 0.140. The molecule has 0 atom stereocenters. The summed E-state index contributed by atoms with van der Waals surface area (Å²) in [4.78, 5) is 45.9. The summed E-state index contributed by atoms with van der Waals surface area (Å²) in [6, 6.07) is 9.81. The third-order valence-electron chi connectivity index (χ3n) is 3.46. The summed E-state index contributed by atoms with van der Waals surface area (Å²) in [5, 5.41) is 16.1. The van der Waals surface area contributed by atoms with Crippen LogP contribution in [0.15, 0.2) is 42.5 Å². The highest BCUT2D eigenvalue weighted by atomic mass is 16.6. The highest BCUT2D eigenvalue weighted by Gasteiger charge is 2.22. The zero-order chi connectivity index (χ0) is 18.6. The molecule has 128 valence electrons. The SMILES string of the molecule is CNC(=O)c1ccc(C(=O)Nc2cccc(C(C)=O)c2)c([N+](=O)[O-])c1. The average molecular weight is 341 g/mol. The van der Waals surface area contributed by atoms with E-state index in [1.54, 1.807) is 18.2 Å². The molecule has 0 saturated heterocycles. The molecule has 0 aliphatic carbocycles. The van der Waals surface area contributed by atoms with Gasteiger partial charge in [0.05, 0.1) is 4.92 Å². The molecule has 8 nitrogen and oxygen atoms in total. The van der Waals surface area contributed by atoms with Crippen LogP contribution in [0.25, 0.3) is 0 Å². The molecular formula is C17H15N3O5. The number of carbonyl (C=O) groups excluding carboxylic acids is 3. The number of ketones is 1. The Bertz CT molecular complexity index is 876. The number of nitro benzene ring substituents is 1. The molecular weight excluding hydrogens is 326 g/mol. The van der Waals surface area contributed by atoms with Crippen molar-refractivity contribution in [2.75, 3.05) is 12.4 Å². The van der Waals surface area contributed by atoms with Crippen molar-refractivity contribution in [1.82, 2.24) is 5.32 Å². The van der Waals surface area contributed by atoms with Crippen molar-refractivity contribution in [3.8, 4) is 0 Å². The Hall–Kier alpha value is -3.55. The number of nitrogens with one attached hydrogen (secondary N) is 2. The van der Waals surface area contributed by atoms with Gasteiger partial charge in [-0.05, 0) is 31.2 Å². The van der Waals surface area contributed by atoms with Gasteiger partial charge >= 0.3 is 0 Å². The van der Waals surface area contributed by atoms with Crippen LogP contribution >= 0.6 is 0 Å². The molecule has 0 aliphatic heterocycles. The molecule has 0 saturated carbocycles. The van der Waals surface area contributed by atoms with Crippen molar-refractivity contribution in [3.05, 3.63) is 69.3 Å². The monoisotopic (exact) mass is 341 g/mol. The van der Waals surface area contributed by atoms with E-state index in [1.165, 1.54) is 32.2 Å².